The standard InChI is InChI=1S/C19H26N6O/c1-13-10-17(22-18(21-13)14-4-5-14)25-8-6-16(7-9-25)24(3)19(26)15-11-20-23(2)12-15/h10-12,14,16H,4-9H2,1-3H3. The number of carbonyl (C=O) groups excluding carboxylic acids is 1. The SMILES string of the molecule is Cc1cc(N2CCC(N(C)C(=O)c3cnn(C)c3)CC2)nc(C2CC2)n1. The molecule has 0 unspecified atom stereocenters. The van der Waals surface area contributed by atoms with Crippen LogP contribution >= 0.6 is 0 Å². The number of hydrogen-bond acceptors (Lipinski definition) is 5. The lowest BCUT2D eigenvalue weighted by molar-refractivity contribution is 0.0709. The number of carbonyl (C=O) groups is 1. The first-order chi connectivity index (χ1) is 12.5. The first kappa shape index (κ1) is 17.0. The van der Waals surface area contributed by atoms with Gasteiger partial charge in [-0.1, -0.05) is 0 Å². The molecule has 138 valence electrons. The zero-order valence-corrected chi connectivity index (χ0v) is 15.7. The molecule has 2 fully saturated rings. The van der Waals surface area contributed by atoms with Gasteiger partial charge in [0, 0.05) is 57.1 Å². The normalized spacial score (nSPS) is 18.2. The maximum atomic E-state index is 12.6. The zero-order chi connectivity index (χ0) is 18.3. The Morgan fingerprint density at radius 1 is 1.19 bits per heavy atom. The lowest BCUT2D eigenvalue weighted by Gasteiger charge is -2.37. The Balaban J connectivity index is 1.40. The number of nitrogens with zero attached hydrogens (tertiary/aromatic N) is 6. The molecule has 4 rings (SSSR count). The Bertz CT molecular complexity index is 804. The number of amides is 1. The van der Waals surface area contributed by atoms with Crippen LogP contribution in [0.3, 0.4) is 0 Å². The number of aryl methyl sites for hydroxylation is 2. The summed E-state index contributed by atoms with van der Waals surface area (Å²) in [6, 6.07) is 2.33. The molecule has 0 aromatic carbocycles. The predicted molar refractivity (Wildman–Crippen MR) is 99.3 cm³/mol. The second-order valence-electron chi connectivity index (χ2n) is 7.54. The van der Waals surface area contributed by atoms with Crippen molar-refractivity contribution >= 4 is 11.7 Å². The van der Waals surface area contributed by atoms with E-state index in [9.17, 15) is 4.79 Å². The highest BCUT2D eigenvalue weighted by Crippen LogP contribution is 2.38. The third kappa shape index (κ3) is 3.43. The van der Waals surface area contributed by atoms with Crippen molar-refractivity contribution < 1.29 is 4.79 Å². The molecule has 2 aromatic rings. The maximum Gasteiger partial charge on any atom is 0.257 e. The summed E-state index contributed by atoms with van der Waals surface area (Å²) in [6.45, 7) is 3.87. The molecular weight excluding hydrogens is 328 g/mol. The van der Waals surface area contributed by atoms with Crippen molar-refractivity contribution in [1.82, 2.24) is 24.6 Å². The van der Waals surface area contributed by atoms with Crippen LogP contribution in [0.1, 0.15) is 53.5 Å². The van der Waals surface area contributed by atoms with E-state index in [-0.39, 0.29) is 11.9 Å². The van der Waals surface area contributed by atoms with Gasteiger partial charge in [-0.15, -0.1) is 0 Å². The summed E-state index contributed by atoms with van der Waals surface area (Å²) in [5.74, 6) is 2.66. The molecule has 0 spiro atoms. The molecule has 2 aliphatic rings. The number of piperidine rings is 1. The van der Waals surface area contributed by atoms with Crippen LogP contribution < -0.4 is 4.90 Å². The van der Waals surface area contributed by atoms with Crippen LogP contribution in [-0.4, -0.2) is 56.7 Å². The summed E-state index contributed by atoms with van der Waals surface area (Å²) in [7, 11) is 3.73. The molecule has 0 N–H and O–H groups in total. The second-order valence-corrected chi connectivity index (χ2v) is 7.54. The molecule has 7 nitrogen and oxygen atoms in total. The van der Waals surface area contributed by atoms with Gasteiger partial charge in [0.25, 0.3) is 5.91 Å². The van der Waals surface area contributed by atoms with Gasteiger partial charge in [0.15, 0.2) is 0 Å². The van der Waals surface area contributed by atoms with Crippen molar-refractivity contribution in [2.45, 2.75) is 44.6 Å². The van der Waals surface area contributed by atoms with Crippen LogP contribution in [0.2, 0.25) is 0 Å². The van der Waals surface area contributed by atoms with Gasteiger partial charge in [0.2, 0.25) is 0 Å². The van der Waals surface area contributed by atoms with E-state index in [0.29, 0.717) is 11.5 Å². The fourth-order valence-corrected chi connectivity index (χ4v) is 3.64. The molecule has 7 heteroatoms. The van der Waals surface area contributed by atoms with Crippen molar-refractivity contribution in [3.8, 4) is 0 Å². The van der Waals surface area contributed by atoms with Gasteiger partial charge < -0.3 is 9.80 Å². The van der Waals surface area contributed by atoms with E-state index in [1.807, 2.05) is 25.9 Å². The largest absolute Gasteiger partial charge is 0.356 e. The smallest absolute Gasteiger partial charge is 0.257 e. The van der Waals surface area contributed by atoms with E-state index in [0.717, 1.165) is 43.3 Å². The fourth-order valence-electron chi connectivity index (χ4n) is 3.64. The predicted octanol–water partition coefficient (Wildman–Crippen LogP) is 2.14. The minimum Gasteiger partial charge on any atom is -0.356 e. The van der Waals surface area contributed by atoms with E-state index in [4.69, 9.17) is 4.98 Å². The molecule has 1 saturated carbocycles. The van der Waals surface area contributed by atoms with Crippen molar-refractivity contribution in [2.24, 2.45) is 7.05 Å². The molecule has 0 bridgehead atoms. The highest BCUT2D eigenvalue weighted by molar-refractivity contribution is 5.93. The molecule has 0 radical (unpaired) electrons. The van der Waals surface area contributed by atoms with E-state index >= 15 is 0 Å². The monoisotopic (exact) mass is 354 g/mol. The Kier molecular flexibility index (Phi) is 4.38. The summed E-state index contributed by atoms with van der Waals surface area (Å²) in [5, 5.41) is 4.10. The summed E-state index contributed by atoms with van der Waals surface area (Å²) < 4.78 is 1.67. The Hall–Kier alpha value is -2.44. The molecule has 0 atom stereocenters. The third-order valence-electron chi connectivity index (χ3n) is 5.41. The summed E-state index contributed by atoms with van der Waals surface area (Å²) in [4.78, 5) is 26.2. The number of rotatable bonds is 4. The summed E-state index contributed by atoms with van der Waals surface area (Å²) in [6.07, 6.45) is 7.74. The van der Waals surface area contributed by atoms with E-state index in [2.05, 4.69) is 21.0 Å². The molecule has 1 amide bonds. The van der Waals surface area contributed by atoms with Gasteiger partial charge in [-0.3, -0.25) is 9.48 Å². The zero-order valence-electron chi connectivity index (χ0n) is 15.7. The first-order valence-electron chi connectivity index (χ1n) is 9.37. The van der Waals surface area contributed by atoms with Gasteiger partial charge in [0.1, 0.15) is 11.6 Å². The summed E-state index contributed by atoms with van der Waals surface area (Å²) in [5.41, 5.74) is 1.70. The van der Waals surface area contributed by atoms with Gasteiger partial charge >= 0.3 is 0 Å². The lowest BCUT2D eigenvalue weighted by atomic mass is 10.0. The Labute approximate surface area is 154 Å². The molecule has 26 heavy (non-hydrogen) atoms. The average Bonchev–Trinajstić information content (AvgIpc) is 3.41. The lowest BCUT2D eigenvalue weighted by Crippen LogP contribution is -2.46. The number of anilines is 1. The van der Waals surface area contributed by atoms with Gasteiger partial charge in [-0.25, -0.2) is 9.97 Å². The molecule has 1 aliphatic carbocycles. The highest BCUT2D eigenvalue weighted by Gasteiger charge is 2.30. The van der Waals surface area contributed by atoms with Crippen molar-refractivity contribution in [1.29, 1.82) is 0 Å². The first-order valence-corrected chi connectivity index (χ1v) is 9.37. The second kappa shape index (κ2) is 6.70. The van der Waals surface area contributed by atoms with Crippen LogP contribution in [0, 0.1) is 6.92 Å². The van der Waals surface area contributed by atoms with Gasteiger partial charge in [0.05, 0.1) is 11.8 Å². The van der Waals surface area contributed by atoms with Crippen LogP contribution in [0.4, 0.5) is 5.82 Å². The quantitative estimate of drug-likeness (QED) is 0.841. The van der Waals surface area contributed by atoms with Crippen molar-refractivity contribution in [3.05, 3.63) is 35.5 Å². The van der Waals surface area contributed by atoms with E-state index < -0.39 is 0 Å². The number of aromatic nitrogens is 4. The van der Waals surface area contributed by atoms with Crippen LogP contribution in [0.15, 0.2) is 18.5 Å². The molecule has 2 aromatic heterocycles. The topological polar surface area (TPSA) is 67.2 Å². The van der Waals surface area contributed by atoms with Crippen LogP contribution in [0.25, 0.3) is 0 Å². The Morgan fingerprint density at radius 2 is 1.92 bits per heavy atom. The third-order valence-corrected chi connectivity index (χ3v) is 5.41. The van der Waals surface area contributed by atoms with E-state index in [1.165, 1.54) is 12.8 Å². The van der Waals surface area contributed by atoms with Gasteiger partial charge in [-0.05, 0) is 32.6 Å². The van der Waals surface area contributed by atoms with E-state index in [1.54, 1.807) is 17.1 Å². The van der Waals surface area contributed by atoms with Crippen LogP contribution in [-0.2, 0) is 7.05 Å². The number of hydrogen-bond donors (Lipinski definition) is 0. The van der Waals surface area contributed by atoms with Gasteiger partial charge in [-0.2, -0.15) is 5.10 Å². The minimum absolute atomic E-state index is 0.0467. The minimum atomic E-state index is 0.0467. The van der Waals surface area contributed by atoms with Crippen LogP contribution in [0.5, 0.6) is 0 Å². The Morgan fingerprint density at radius 3 is 2.54 bits per heavy atom. The van der Waals surface area contributed by atoms with Crippen molar-refractivity contribution in [2.75, 3.05) is 25.0 Å². The average molecular weight is 354 g/mol. The van der Waals surface area contributed by atoms with Crippen molar-refractivity contribution in [3.63, 3.8) is 0 Å². The molecule has 1 aliphatic heterocycles. The summed E-state index contributed by atoms with van der Waals surface area (Å²) >= 11 is 0. The maximum absolute atomic E-state index is 12.6. The molecular formula is C19H26N6O. The highest BCUT2D eigenvalue weighted by atomic mass is 16.2. The fraction of sp³-hybridized carbons (Fsp3) is 0.579. The molecule has 3 heterocycles. The molecule has 1 saturated heterocycles.